The van der Waals surface area contributed by atoms with E-state index < -0.39 is 34.7 Å². The highest BCUT2D eigenvalue weighted by Crippen LogP contribution is 2.62. The smallest absolute Gasteiger partial charge is 0.347 e. The Morgan fingerprint density at radius 1 is 0.867 bits per heavy atom. The van der Waals surface area contributed by atoms with Crippen LogP contribution in [0, 0.1) is 5.92 Å². The highest BCUT2D eigenvalue weighted by atomic mass is 16.5. The Balaban J connectivity index is 1.59. The van der Waals surface area contributed by atoms with Crippen LogP contribution in [-0.4, -0.2) is 44.8 Å². The summed E-state index contributed by atoms with van der Waals surface area (Å²) in [7, 11) is 4.27. The molecule has 2 heterocycles. The van der Waals surface area contributed by atoms with Gasteiger partial charge in [0.1, 0.15) is 0 Å². The third-order valence-electron chi connectivity index (χ3n) is 9.66. The fourth-order valence-corrected chi connectivity index (χ4v) is 7.70. The molecule has 3 aliphatic rings. The zero-order chi connectivity index (χ0) is 31.6. The van der Waals surface area contributed by atoms with Gasteiger partial charge in [0.25, 0.3) is 0 Å². The maximum Gasteiger partial charge on any atom is 0.347 e. The molecule has 1 saturated carbocycles. The normalized spacial score (nSPS) is 23.8. The van der Waals surface area contributed by atoms with E-state index >= 15 is 0 Å². The summed E-state index contributed by atoms with van der Waals surface area (Å²) in [5.74, 6) is -2.14. The molecule has 1 aromatic heterocycles. The molecular weight excluding hydrogens is 574 g/mol. The Hall–Kier alpha value is -5.38. The number of phenols is 1. The molecule has 0 radical (unpaired) electrons. The minimum Gasteiger partial charge on any atom is -0.502 e. The number of hydrogen-bond acceptors (Lipinski definition) is 7. The number of rotatable bonds is 5. The molecule has 4 aromatic rings. The third-order valence-corrected chi connectivity index (χ3v) is 9.66. The van der Waals surface area contributed by atoms with Crippen LogP contribution in [0.4, 0.5) is 0 Å². The lowest BCUT2D eigenvalue weighted by Gasteiger charge is -2.54. The van der Waals surface area contributed by atoms with E-state index in [0.29, 0.717) is 22.3 Å². The predicted octanol–water partition coefficient (Wildman–Crippen LogP) is 3.53. The molecule has 1 fully saturated rings. The maximum absolute atomic E-state index is 15.0. The van der Waals surface area contributed by atoms with Gasteiger partial charge in [0.15, 0.2) is 23.1 Å². The first-order valence-electron chi connectivity index (χ1n) is 14.7. The number of allylic oxidation sites excluding steroid dienone is 4. The van der Waals surface area contributed by atoms with Gasteiger partial charge < -0.3 is 14.6 Å². The molecule has 0 spiro atoms. The number of methoxy groups -OCH3 is 2. The van der Waals surface area contributed by atoms with Crippen LogP contribution >= 0.6 is 0 Å². The van der Waals surface area contributed by atoms with E-state index in [0.717, 1.165) is 10.1 Å². The van der Waals surface area contributed by atoms with Gasteiger partial charge >= 0.3 is 11.4 Å². The average Bonchev–Trinajstić information content (AvgIpc) is 3.29. The Morgan fingerprint density at radius 2 is 1.49 bits per heavy atom. The topological polar surface area (TPSA) is 122 Å². The summed E-state index contributed by atoms with van der Waals surface area (Å²) in [6.07, 6.45) is 3.45. The lowest BCUT2D eigenvalue weighted by Crippen LogP contribution is -2.58. The number of carbonyl (C=O) groups is 2. The van der Waals surface area contributed by atoms with Crippen LogP contribution in [0.25, 0.3) is 5.57 Å². The van der Waals surface area contributed by atoms with E-state index in [1.165, 1.54) is 36.7 Å². The molecule has 0 amide bonds. The van der Waals surface area contributed by atoms with Crippen molar-refractivity contribution in [3.05, 3.63) is 128 Å². The van der Waals surface area contributed by atoms with Crippen molar-refractivity contribution in [1.29, 1.82) is 0 Å². The second-order valence-electron chi connectivity index (χ2n) is 11.7. The van der Waals surface area contributed by atoms with Crippen molar-refractivity contribution in [1.82, 2.24) is 13.9 Å². The molecule has 10 nitrogen and oxygen atoms in total. The number of Topliss-reactive ketones (excluding diaryl/α,β-unsaturated/α-hetero) is 1. The van der Waals surface area contributed by atoms with Gasteiger partial charge in [-0.15, -0.1) is 0 Å². The summed E-state index contributed by atoms with van der Waals surface area (Å²) < 4.78 is 14.9. The molecular formula is C35H31N3O7. The second kappa shape index (κ2) is 10.4. The van der Waals surface area contributed by atoms with Crippen LogP contribution in [0.3, 0.4) is 0 Å². The molecule has 0 bridgehead atoms. The average molecular weight is 606 g/mol. The van der Waals surface area contributed by atoms with Crippen molar-refractivity contribution in [3.63, 3.8) is 0 Å². The summed E-state index contributed by atoms with van der Waals surface area (Å²) in [6.45, 7) is 0.104. The quantitative estimate of drug-likeness (QED) is 0.346. The van der Waals surface area contributed by atoms with E-state index in [1.54, 1.807) is 24.3 Å². The number of benzene rings is 3. The van der Waals surface area contributed by atoms with E-state index in [-0.39, 0.29) is 41.8 Å². The summed E-state index contributed by atoms with van der Waals surface area (Å²) >= 11 is 0. The van der Waals surface area contributed by atoms with Gasteiger partial charge in [-0.25, -0.2) is 23.5 Å². The van der Waals surface area contributed by atoms with E-state index in [2.05, 4.69) is 0 Å². The van der Waals surface area contributed by atoms with Gasteiger partial charge in [0, 0.05) is 24.5 Å². The Morgan fingerprint density at radius 3 is 2.11 bits per heavy atom. The van der Waals surface area contributed by atoms with Crippen molar-refractivity contribution < 1.29 is 24.2 Å². The summed E-state index contributed by atoms with van der Waals surface area (Å²) in [6, 6.07) is 20.9. The summed E-state index contributed by atoms with van der Waals surface area (Å²) in [5, 5.41) is 10.8. The van der Waals surface area contributed by atoms with Crippen LogP contribution in [0.1, 0.15) is 35.1 Å². The lowest BCUT2D eigenvalue weighted by molar-refractivity contribution is -0.133. The molecule has 45 heavy (non-hydrogen) atoms. The molecule has 0 saturated heterocycles. The highest BCUT2D eigenvalue weighted by molar-refractivity contribution is 6.31. The minimum atomic E-state index is -1.42. The molecule has 1 aliphatic heterocycles. The van der Waals surface area contributed by atoms with E-state index in [4.69, 9.17) is 9.47 Å². The van der Waals surface area contributed by atoms with Crippen molar-refractivity contribution in [2.24, 2.45) is 13.0 Å². The van der Waals surface area contributed by atoms with Crippen molar-refractivity contribution in [2.45, 2.75) is 30.3 Å². The molecule has 3 aromatic carbocycles. The molecule has 1 N–H and O–H groups in total. The molecule has 4 atom stereocenters. The fourth-order valence-electron chi connectivity index (χ4n) is 7.70. The second-order valence-corrected chi connectivity index (χ2v) is 11.7. The molecule has 2 aliphatic carbocycles. The molecule has 0 unspecified atom stereocenters. The first kappa shape index (κ1) is 28.4. The number of ketones is 2. The minimum absolute atomic E-state index is 0.104. The summed E-state index contributed by atoms with van der Waals surface area (Å²) in [5.41, 5.74) is 0.465. The standard InChI is InChI=1S/C35H31N3O7/c1-36-33(42)37-15-14-23-26(38(37)34(36)43)19-25-31(40)24(20-10-6-4-7-11-20)18-29(39)35(25,22-12-8-5-9-13-22)30(23)21-16-27(44-2)32(41)28(17-21)45-3/h4-14,16-18,25-26,30,41H,15,19H2,1-3H3/t25-,26+,30-,35-/m0/s1. The predicted molar refractivity (Wildman–Crippen MR) is 166 cm³/mol. The monoisotopic (exact) mass is 605 g/mol. The van der Waals surface area contributed by atoms with Crippen LogP contribution in [0.2, 0.25) is 0 Å². The van der Waals surface area contributed by atoms with Gasteiger partial charge in [0.2, 0.25) is 5.75 Å². The number of carbonyl (C=O) groups excluding carboxylic acids is 2. The number of aromatic hydroxyl groups is 1. The molecule has 228 valence electrons. The van der Waals surface area contributed by atoms with Gasteiger partial charge in [-0.1, -0.05) is 66.7 Å². The summed E-state index contributed by atoms with van der Waals surface area (Å²) in [4.78, 5) is 56.4. The SMILES string of the molecule is COc1cc([C@H]2C3=CCn4c(=O)n(C)c(=O)n4[C@@H]3C[C@H]3C(=O)C(c4ccccc4)=CC(=O)[C@@]23c2ccccc2)cc(OC)c1O. The van der Waals surface area contributed by atoms with Crippen molar-refractivity contribution in [2.75, 3.05) is 14.2 Å². The number of phenolic OH excluding ortho intramolecular Hbond substituents is 1. The zero-order valence-corrected chi connectivity index (χ0v) is 25.0. The van der Waals surface area contributed by atoms with Crippen LogP contribution in [0.5, 0.6) is 17.2 Å². The first-order valence-corrected chi connectivity index (χ1v) is 14.7. The number of fused-ring (bicyclic) bond motifs is 4. The highest BCUT2D eigenvalue weighted by Gasteiger charge is 2.63. The van der Waals surface area contributed by atoms with Gasteiger partial charge in [0.05, 0.1) is 32.2 Å². The van der Waals surface area contributed by atoms with Crippen LogP contribution in [0.15, 0.2) is 100 Å². The number of aromatic nitrogens is 3. The molecule has 7 rings (SSSR count). The first-order chi connectivity index (χ1) is 21.7. The fraction of sp³-hybridized carbons (Fsp3) is 0.257. The number of nitrogens with zero attached hydrogens (tertiary/aromatic N) is 3. The van der Waals surface area contributed by atoms with Crippen LogP contribution < -0.4 is 20.9 Å². The third kappa shape index (κ3) is 3.87. The number of hydrogen-bond donors (Lipinski definition) is 1. The van der Waals surface area contributed by atoms with Crippen molar-refractivity contribution >= 4 is 17.1 Å². The van der Waals surface area contributed by atoms with Crippen LogP contribution in [-0.2, 0) is 28.6 Å². The number of ether oxygens (including phenoxy) is 2. The van der Waals surface area contributed by atoms with Gasteiger partial charge in [-0.2, -0.15) is 0 Å². The zero-order valence-electron chi connectivity index (χ0n) is 25.0. The Kier molecular flexibility index (Phi) is 6.54. The Bertz CT molecular complexity index is 2030. The lowest BCUT2D eigenvalue weighted by atomic mass is 9.47. The van der Waals surface area contributed by atoms with E-state index in [1.807, 2.05) is 54.6 Å². The van der Waals surface area contributed by atoms with Crippen molar-refractivity contribution in [3.8, 4) is 17.2 Å². The van der Waals surface area contributed by atoms with E-state index in [9.17, 15) is 24.3 Å². The largest absolute Gasteiger partial charge is 0.502 e. The Labute approximate surface area is 258 Å². The van der Waals surface area contributed by atoms with Gasteiger partial charge in [-0.05, 0) is 46.9 Å². The van der Waals surface area contributed by atoms with Gasteiger partial charge in [-0.3, -0.25) is 9.59 Å². The molecule has 10 heteroatoms. The maximum atomic E-state index is 15.0.